The van der Waals surface area contributed by atoms with Crippen LogP contribution in [0, 0.1) is 0 Å². The number of esters is 1. The number of carbonyl (C=O) groups excluding carboxylic acids is 1. The number of hydrogen-bond donors (Lipinski definition) is 1. The van der Waals surface area contributed by atoms with Crippen molar-refractivity contribution in [3.63, 3.8) is 0 Å². The van der Waals surface area contributed by atoms with Gasteiger partial charge in [0.15, 0.2) is 11.5 Å². The van der Waals surface area contributed by atoms with E-state index in [0.717, 1.165) is 19.6 Å². The van der Waals surface area contributed by atoms with Crippen LogP contribution in [0.3, 0.4) is 0 Å². The normalized spacial score (nSPS) is 12.1. The van der Waals surface area contributed by atoms with E-state index in [-0.39, 0.29) is 12.1 Å². The molecule has 0 saturated carbocycles. The van der Waals surface area contributed by atoms with E-state index >= 15 is 0 Å². The van der Waals surface area contributed by atoms with Crippen LogP contribution in [0.15, 0.2) is 18.2 Å². The van der Waals surface area contributed by atoms with Gasteiger partial charge in [-0.3, -0.25) is 0 Å². The monoisotopic (exact) mass is 296 g/mol. The first-order valence-electron chi connectivity index (χ1n) is 7.32. The van der Waals surface area contributed by atoms with Crippen molar-refractivity contribution in [1.29, 1.82) is 0 Å². The number of hydrogen-bond acceptors (Lipinski definition) is 4. The molecule has 1 atom stereocenters. The van der Waals surface area contributed by atoms with Gasteiger partial charge in [-0.1, -0.05) is 0 Å². The maximum absolute atomic E-state index is 12.2. The third kappa shape index (κ3) is 4.93. The first-order chi connectivity index (χ1) is 10.0. The molecule has 0 fully saturated rings. The van der Waals surface area contributed by atoms with Gasteiger partial charge in [0, 0.05) is 0 Å². The van der Waals surface area contributed by atoms with Crippen LogP contribution in [0.5, 0.6) is 11.5 Å². The van der Waals surface area contributed by atoms with Gasteiger partial charge in [0.1, 0.15) is 12.6 Å². The number of benzene rings is 1. The Balaban J connectivity index is 2.71. The minimum Gasteiger partial charge on any atom is -0.493 e. The topological polar surface area (TPSA) is 49.2 Å². The quantitative estimate of drug-likeness (QED) is 0.732. The number of rotatable bonds is 8. The molecule has 5 nitrogen and oxygen atoms in total. The van der Waals surface area contributed by atoms with Crippen LogP contribution in [0.1, 0.15) is 31.1 Å². The van der Waals surface area contributed by atoms with Gasteiger partial charge in [-0.2, -0.15) is 0 Å². The number of methoxy groups -OCH3 is 2. The molecule has 118 valence electrons. The Morgan fingerprint density at radius 3 is 2.29 bits per heavy atom. The van der Waals surface area contributed by atoms with Crippen molar-refractivity contribution in [2.75, 3.05) is 33.9 Å². The summed E-state index contributed by atoms with van der Waals surface area (Å²) in [5.74, 6) is 0.777. The van der Waals surface area contributed by atoms with Crippen molar-refractivity contribution < 1.29 is 23.9 Å². The molecule has 0 saturated heterocycles. The van der Waals surface area contributed by atoms with Gasteiger partial charge < -0.3 is 19.1 Å². The molecule has 1 N–H and O–H groups in total. The summed E-state index contributed by atoms with van der Waals surface area (Å²) in [6.45, 7) is 9.03. The van der Waals surface area contributed by atoms with E-state index in [1.807, 2.05) is 6.92 Å². The molecule has 0 aliphatic carbocycles. The molecule has 21 heavy (non-hydrogen) atoms. The predicted octanol–water partition coefficient (Wildman–Crippen LogP) is 1.17. The van der Waals surface area contributed by atoms with E-state index in [1.54, 1.807) is 32.4 Å². The van der Waals surface area contributed by atoms with Crippen molar-refractivity contribution >= 4 is 5.97 Å². The number of quaternary nitrogens is 1. The average molecular weight is 296 g/mol. The Morgan fingerprint density at radius 2 is 1.76 bits per heavy atom. The standard InChI is InChI=1S/C16H25NO4/c1-6-17(7-2)11-12(3)21-16(18)13-8-9-14(19-4)15(10-13)20-5/h8-10,12H,6-7,11H2,1-5H3/p+1/t12-/m0/s1. The van der Waals surface area contributed by atoms with Crippen molar-refractivity contribution in [3.8, 4) is 11.5 Å². The van der Waals surface area contributed by atoms with E-state index < -0.39 is 0 Å². The molecule has 0 unspecified atom stereocenters. The van der Waals surface area contributed by atoms with Gasteiger partial charge in [0.25, 0.3) is 0 Å². The second kappa shape index (κ2) is 8.52. The van der Waals surface area contributed by atoms with Crippen LogP contribution < -0.4 is 14.4 Å². The number of carbonyl (C=O) groups is 1. The largest absolute Gasteiger partial charge is 0.493 e. The number of likely N-dealkylation sites (N-methyl/N-ethyl adjacent to an activating group) is 1. The van der Waals surface area contributed by atoms with E-state index in [9.17, 15) is 4.79 Å². The molecule has 1 rings (SSSR count). The van der Waals surface area contributed by atoms with Gasteiger partial charge in [0.2, 0.25) is 0 Å². The molecule has 0 aromatic heterocycles. The Labute approximate surface area is 126 Å². The SMILES string of the molecule is CC[NH+](CC)C[C@H](C)OC(=O)c1ccc(OC)c(OC)c1. The molecule has 0 amide bonds. The first kappa shape index (κ1) is 17.3. The molecule has 0 spiro atoms. The molecule has 0 aliphatic rings. The van der Waals surface area contributed by atoms with Gasteiger partial charge in [-0.25, -0.2) is 4.79 Å². The Hall–Kier alpha value is -1.75. The molecule has 5 heteroatoms. The second-order valence-corrected chi connectivity index (χ2v) is 4.95. The average Bonchev–Trinajstić information content (AvgIpc) is 2.51. The predicted molar refractivity (Wildman–Crippen MR) is 81.3 cm³/mol. The van der Waals surface area contributed by atoms with Gasteiger partial charge in [-0.15, -0.1) is 0 Å². The minimum atomic E-state index is -0.338. The van der Waals surface area contributed by atoms with Crippen LogP contribution in [-0.2, 0) is 4.74 Å². The smallest absolute Gasteiger partial charge is 0.338 e. The summed E-state index contributed by atoms with van der Waals surface area (Å²) >= 11 is 0. The summed E-state index contributed by atoms with van der Waals surface area (Å²) in [7, 11) is 3.10. The van der Waals surface area contributed by atoms with Gasteiger partial charge in [-0.05, 0) is 39.0 Å². The fraction of sp³-hybridized carbons (Fsp3) is 0.562. The highest BCUT2D eigenvalue weighted by Gasteiger charge is 2.17. The van der Waals surface area contributed by atoms with Gasteiger partial charge >= 0.3 is 5.97 Å². The Bertz CT molecular complexity index is 458. The summed E-state index contributed by atoms with van der Waals surface area (Å²) in [5, 5.41) is 0. The lowest BCUT2D eigenvalue weighted by Crippen LogP contribution is -3.12. The summed E-state index contributed by atoms with van der Waals surface area (Å²) in [6, 6.07) is 5.02. The highest BCUT2D eigenvalue weighted by atomic mass is 16.5. The summed E-state index contributed by atoms with van der Waals surface area (Å²) in [6.07, 6.45) is -0.125. The first-order valence-corrected chi connectivity index (χ1v) is 7.32. The van der Waals surface area contributed by atoms with Crippen LogP contribution in [0.4, 0.5) is 0 Å². The number of ether oxygens (including phenoxy) is 3. The summed E-state index contributed by atoms with van der Waals surface area (Å²) in [5.41, 5.74) is 0.467. The maximum atomic E-state index is 12.2. The summed E-state index contributed by atoms with van der Waals surface area (Å²) in [4.78, 5) is 13.6. The van der Waals surface area contributed by atoms with E-state index in [0.29, 0.717) is 17.1 Å². The minimum absolute atomic E-state index is 0.125. The highest BCUT2D eigenvalue weighted by molar-refractivity contribution is 5.90. The van der Waals surface area contributed by atoms with Crippen molar-refractivity contribution in [2.24, 2.45) is 0 Å². The molecule has 0 heterocycles. The molecule has 1 aromatic rings. The molecule has 1 aromatic carbocycles. The Morgan fingerprint density at radius 1 is 1.14 bits per heavy atom. The van der Waals surface area contributed by atoms with Crippen LogP contribution in [-0.4, -0.2) is 45.9 Å². The molecular weight excluding hydrogens is 270 g/mol. The lowest BCUT2D eigenvalue weighted by molar-refractivity contribution is -0.899. The third-order valence-electron chi connectivity index (χ3n) is 3.50. The van der Waals surface area contributed by atoms with Crippen LogP contribution in [0.2, 0.25) is 0 Å². The fourth-order valence-corrected chi connectivity index (χ4v) is 2.20. The van der Waals surface area contributed by atoms with Crippen LogP contribution >= 0.6 is 0 Å². The zero-order chi connectivity index (χ0) is 15.8. The molecule has 0 bridgehead atoms. The van der Waals surface area contributed by atoms with E-state index in [4.69, 9.17) is 14.2 Å². The maximum Gasteiger partial charge on any atom is 0.338 e. The Kier molecular flexibility index (Phi) is 7.02. The van der Waals surface area contributed by atoms with Crippen molar-refractivity contribution in [1.82, 2.24) is 0 Å². The van der Waals surface area contributed by atoms with E-state index in [1.165, 1.54) is 4.90 Å². The van der Waals surface area contributed by atoms with Crippen molar-refractivity contribution in [2.45, 2.75) is 26.9 Å². The second-order valence-electron chi connectivity index (χ2n) is 4.95. The van der Waals surface area contributed by atoms with Crippen molar-refractivity contribution in [3.05, 3.63) is 23.8 Å². The van der Waals surface area contributed by atoms with Crippen LogP contribution in [0.25, 0.3) is 0 Å². The lowest BCUT2D eigenvalue weighted by atomic mass is 10.2. The third-order valence-corrected chi connectivity index (χ3v) is 3.50. The molecular formula is C16H26NO4+. The lowest BCUT2D eigenvalue weighted by Gasteiger charge is -2.20. The zero-order valence-corrected chi connectivity index (χ0v) is 13.6. The molecule has 0 radical (unpaired) electrons. The number of nitrogens with one attached hydrogen (secondary N) is 1. The summed E-state index contributed by atoms with van der Waals surface area (Å²) < 4.78 is 15.8. The van der Waals surface area contributed by atoms with Gasteiger partial charge in [0.05, 0.1) is 32.9 Å². The fourth-order valence-electron chi connectivity index (χ4n) is 2.20. The zero-order valence-electron chi connectivity index (χ0n) is 13.6. The highest BCUT2D eigenvalue weighted by Crippen LogP contribution is 2.27. The molecule has 0 aliphatic heterocycles. The van der Waals surface area contributed by atoms with E-state index in [2.05, 4.69) is 13.8 Å².